The Kier molecular flexibility index (Phi) is 6.49. The molecule has 1 saturated heterocycles. The van der Waals surface area contributed by atoms with Crippen LogP contribution in [0.3, 0.4) is 0 Å². The number of amides is 1. The molecule has 1 aliphatic rings. The molecule has 0 bridgehead atoms. The molecule has 0 spiro atoms. The number of nitrogens with one attached hydrogen (secondary N) is 1. The molecule has 168 valence electrons. The molecule has 4 aromatic rings. The zero-order valence-corrected chi connectivity index (χ0v) is 20.2. The molecule has 0 radical (unpaired) electrons. The van der Waals surface area contributed by atoms with Crippen LogP contribution in [0.5, 0.6) is 5.75 Å². The standard InChI is InChI=1S/C26H18ClN3O2S2/c27-22-9-5-4-6-18(22)16-32-21-12-10-17(11-13-21)24-19(14-23-25(31)28-26(33)34-23)15-30(29-24)20-7-2-1-3-8-20/h1-15H,16H2,(H,28,31,33). The van der Waals surface area contributed by atoms with E-state index in [0.717, 1.165) is 33.8 Å². The number of carbonyl (C=O) groups excluding carboxylic acids is 1. The second kappa shape index (κ2) is 9.85. The maximum absolute atomic E-state index is 12.2. The Bertz CT molecular complexity index is 1400. The van der Waals surface area contributed by atoms with E-state index in [-0.39, 0.29) is 5.91 Å². The van der Waals surface area contributed by atoms with Gasteiger partial charge < -0.3 is 10.1 Å². The van der Waals surface area contributed by atoms with Crippen molar-refractivity contribution in [3.8, 4) is 22.7 Å². The van der Waals surface area contributed by atoms with E-state index in [1.807, 2.05) is 91.1 Å². The summed E-state index contributed by atoms with van der Waals surface area (Å²) >= 11 is 12.6. The van der Waals surface area contributed by atoms with Gasteiger partial charge in [-0.05, 0) is 48.5 Å². The van der Waals surface area contributed by atoms with Crippen LogP contribution in [0.4, 0.5) is 0 Å². The topological polar surface area (TPSA) is 56.2 Å². The predicted molar refractivity (Wildman–Crippen MR) is 141 cm³/mol. The Morgan fingerprint density at radius 2 is 1.76 bits per heavy atom. The number of hydrogen-bond donors (Lipinski definition) is 1. The first-order valence-electron chi connectivity index (χ1n) is 10.4. The van der Waals surface area contributed by atoms with E-state index in [0.29, 0.717) is 20.9 Å². The zero-order valence-electron chi connectivity index (χ0n) is 17.8. The van der Waals surface area contributed by atoms with Gasteiger partial charge in [-0.3, -0.25) is 4.79 Å². The summed E-state index contributed by atoms with van der Waals surface area (Å²) in [5.41, 5.74) is 4.31. The molecule has 1 aliphatic heterocycles. The number of rotatable bonds is 6. The Labute approximate surface area is 211 Å². The van der Waals surface area contributed by atoms with Crippen molar-refractivity contribution in [3.05, 3.63) is 106 Å². The number of thiocarbonyl (C=S) groups is 1. The van der Waals surface area contributed by atoms with Crippen molar-refractivity contribution in [2.24, 2.45) is 0 Å². The van der Waals surface area contributed by atoms with Crippen LogP contribution in [-0.4, -0.2) is 20.0 Å². The van der Waals surface area contributed by atoms with Gasteiger partial charge in [-0.1, -0.05) is 72.0 Å². The molecule has 1 aromatic heterocycles. The number of carbonyl (C=O) groups is 1. The van der Waals surface area contributed by atoms with Gasteiger partial charge in [-0.25, -0.2) is 4.68 Å². The maximum Gasteiger partial charge on any atom is 0.263 e. The minimum Gasteiger partial charge on any atom is -0.489 e. The van der Waals surface area contributed by atoms with Gasteiger partial charge in [0.2, 0.25) is 0 Å². The van der Waals surface area contributed by atoms with Crippen LogP contribution in [0.15, 0.2) is 90.0 Å². The summed E-state index contributed by atoms with van der Waals surface area (Å²) in [7, 11) is 0. The van der Waals surface area contributed by atoms with Gasteiger partial charge in [0, 0.05) is 27.9 Å². The monoisotopic (exact) mass is 503 g/mol. The van der Waals surface area contributed by atoms with Crippen LogP contribution >= 0.6 is 35.6 Å². The summed E-state index contributed by atoms with van der Waals surface area (Å²) in [4.78, 5) is 12.8. The van der Waals surface area contributed by atoms with Crippen LogP contribution < -0.4 is 10.1 Å². The minimum absolute atomic E-state index is 0.197. The third-order valence-electron chi connectivity index (χ3n) is 5.17. The average Bonchev–Trinajstić information content (AvgIpc) is 3.42. The molecule has 0 saturated carbocycles. The van der Waals surface area contributed by atoms with E-state index < -0.39 is 0 Å². The van der Waals surface area contributed by atoms with Crippen molar-refractivity contribution < 1.29 is 9.53 Å². The summed E-state index contributed by atoms with van der Waals surface area (Å²) in [6.45, 7) is 0.380. The fraction of sp³-hybridized carbons (Fsp3) is 0.0385. The Balaban J connectivity index is 1.45. The highest BCUT2D eigenvalue weighted by Gasteiger charge is 2.23. The summed E-state index contributed by atoms with van der Waals surface area (Å²) in [5, 5.41) is 8.15. The highest BCUT2D eigenvalue weighted by atomic mass is 35.5. The number of para-hydroxylation sites is 1. The first-order valence-corrected chi connectivity index (χ1v) is 12.0. The number of halogens is 1. The molecule has 34 heavy (non-hydrogen) atoms. The highest BCUT2D eigenvalue weighted by Crippen LogP contribution is 2.31. The van der Waals surface area contributed by atoms with Crippen molar-refractivity contribution in [2.45, 2.75) is 6.61 Å². The van der Waals surface area contributed by atoms with Gasteiger partial charge in [-0.2, -0.15) is 5.10 Å². The summed E-state index contributed by atoms with van der Waals surface area (Å²) in [6.07, 6.45) is 3.73. The van der Waals surface area contributed by atoms with E-state index in [1.54, 1.807) is 4.68 Å². The molecule has 3 aromatic carbocycles. The average molecular weight is 504 g/mol. The molecular formula is C26H18ClN3O2S2. The fourth-order valence-electron chi connectivity index (χ4n) is 3.48. The lowest BCUT2D eigenvalue weighted by Crippen LogP contribution is -2.17. The van der Waals surface area contributed by atoms with Crippen LogP contribution in [0.2, 0.25) is 5.02 Å². The number of aromatic nitrogens is 2. The first kappa shape index (κ1) is 22.4. The summed E-state index contributed by atoms with van der Waals surface area (Å²) < 4.78 is 8.17. The molecule has 5 nitrogen and oxygen atoms in total. The largest absolute Gasteiger partial charge is 0.489 e. The van der Waals surface area contributed by atoms with Crippen molar-refractivity contribution in [1.82, 2.24) is 15.1 Å². The van der Waals surface area contributed by atoms with Crippen molar-refractivity contribution in [2.75, 3.05) is 0 Å². The van der Waals surface area contributed by atoms with Crippen LogP contribution in [0.1, 0.15) is 11.1 Å². The molecule has 1 N–H and O–H groups in total. The zero-order chi connectivity index (χ0) is 23.5. The van der Waals surface area contributed by atoms with Crippen LogP contribution in [-0.2, 0) is 11.4 Å². The van der Waals surface area contributed by atoms with E-state index >= 15 is 0 Å². The third-order valence-corrected chi connectivity index (χ3v) is 6.70. The Morgan fingerprint density at radius 3 is 2.47 bits per heavy atom. The van der Waals surface area contributed by atoms with Crippen molar-refractivity contribution in [3.63, 3.8) is 0 Å². The van der Waals surface area contributed by atoms with E-state index in [4.69, 9.17) is 33.7 Å². The number of benzene rings is 3. The van der Waals surface area contributed by atoms with Gasteiger partial charge in [-0.15, -0.1) is 0 Å². The number of thioether (sulfide) groups is 1. The Hall–Kier alpha value is -3.39. The lowest BCUT2D eigenvalue weighted by molar-refractivity contribution is -0.115. The third kappa shape index (κ3) is 4.92. The molecule has 0 atom stereocenters. The molecular weight excluding hydrogens is 486 g/mol. The highest BCUT2D eigenvalue weighted by molar-refractivity contribution is 8.26. The SMILES string of the molecule is O=C1NC(=S)SC1=Cc1cn(-c2ccccc2)nc1-c1ccc(OCc2ccccc2Cl)cc1. The van der Waals surface area contributed by atoms with Crippen molar-refractivity contribution in [1.29, 1.82) is 0 Å². The van der Waals surface area contributed by atoms with Crippen molar-refractivity contribution >= 4 is 51.9 Å². The molecule has 2 heterocycles. The van der Waals surface area contributed by atoms with Gasteiger partial charge in [0.25, 0.3) is 5.91 Å². The van der Waals surface area contributed by atoms with E-state index in [2.05, 4.69) is 5.32 Å². The predicted octanol–water partition coefficient (Wildman–Crippen LogP) is 6.26. The summed E-state index contributed by atoms with van der Waals surface area (Å²) in [6, 6.07) is 25.1. The van der Waals surface area contributed by atoms with Gasteiger partial charge in [0.15, 0.2) is 0 Å². The van der Waals surface area contributed by atoms with E-state index in [1.165, 1.54) is 11.8 Å². The lowest BCUT2D eigenvalue weighted by atomic mass is 10.1. The quantitative estimate of drug-likeness (QED) is 0.248. The van der Waals surface area contributed by atoms with Crippen LogP contribution in [0, 0.1) is 0 Å². The van der Waals surface area contributed by atoms with E-state index in [9.17, 15) is 4.79 Å². The molecule has 1 amide bonds. The second-order valence-electron chi connectivity index (χ2n) is 7.47. The molecule has 1 fully saturated rings. The van der Waals surface area contributed by atoms with Crippen LogP contribution in [0.25, 0.3) is 23.0 Å². The molecule has 0 aliphatic carbocycles. The second-order valence-corrected chi connectivity index (χ2v) is 9.60. The maximum atomic E-state index is 12.2. The van der Waals surface area contributed by atoms with Gasteiger partial charge >= 0.3 is 0 Å². The van der Waals surface area contributed by atoms with Gasteiger partial charge in [0.1, 0.15) is 16.7 Å². The Morgan fingerprint density at radius 1 is 1.03 bits per heavy atom. The molecule has 5 rings (SSSR count). The fourth-order valence-corrected chi connectivity index (χ4v) is 4.70. The number of ether oxygens (including phenoxy) is 1. The summed E-state index contributed by atoms with van der Waals surface area (Å²) in [5.74, 6) is 0.527. The molecule has 0 unspecified atom stereocenters. The first-order chi connectivity index (χ1) is 16.6. The minimum atomic E-state index is -0.197. The smallest absolute Gasteiger partial charge is 0.263 e. The van der Waals surface area contributed by atoms with Gasteiger partial charge in [0.05, 0.1) is 16.3 Å². The number of nitrogens with zero attached hydrogens (tertiary/aromatic N) is 2. The lowest BCUT2D eigenvalue weighted by Gasteiger charge is -2.08. The number of hydrogen-bond acceptors (Lipinski definition) is 5. The normalized spacial score (nSPS) is 14.4. The molecule has 8 heteroatoms.